The monoisotopic (exact) mass is 168 g/mol. The first-order valence-corrected chi connectivity index (χ1v) is 4.90. The lowest BCUT2D eigenvalue weighted by Crippen LogP contribution is -2.38. The summed E-state index contributed by atoms with van der Waals surface area (Å²) in [6.45, 7) is 1.83. The summed E-state index contributed by atoms with van der Waals surface area (Å²) in [5, 5.41) is 0. The van der Waals surface area contributed by atoms with E-state index < -0.39 is 8.80 Å². The van der Waals surface area contributed by atoms with Crippen LogP contribution < -0.4 is 11.7 Å². The molecule has 0 radical (unpaired) electrons. The third-order valence-corrected chi connectivity index (χ3v) is 3.34. The minimum absolute atomic E-state index is 1.58. The van der Waals surface area contributed by atoms with E-state index in [-0.39, 0.29) is 0 Å². The van der Waals surface area contributed by atoms with E-state index in [0.29, 0.717) is 0 Å². The standard InChI is InChI=1S/C4H12O3Si.H4N2/c1-5-8(4,6-2)7-3;1-2/h1-4H3;1-2H2. The van der Waals surface area contributed by atoms with Gasteiger partial charge in [0.2, 0.25) is 0 Å². The van der Waals surface area contributed by atoms with Gasteiger partial charge in [-0.1, -0.05) is 0 Å². The normalized spacial score (nSPS) is 10.2. The van der Waals surface area contributed by atoms with Crippen molar-refractivity contribution in [3.8, 4) is 0 Å². The van der Waals surface area contributed by atoms with Crippen molar-refractivity contribution in [3.05, 3.63) is 0 Å². The SMILES string of the molecule is CO[Si](C)(OC)OC.NN. The highest BCUT2D eigenvalue weighted by atomic mass is 28.4. The van der Waals surface area contributed by atoms with Crippen molar-refractivity contribution in [3.63, 3.8) is 0 Å². The number of hydrogen-bond donors (Lipinski definition) is 2. The molecule has 0 aliphatic rings. The largest absolute Gasteiger partial charge is 0.496 e. The molecular formula is C4H16N2O3Si. The molecule has 0 amide bonds. The van der Waals surface area contributed by atoms with Crippen LogP contribution in [-0.4, -0.2) is 30.1 Å². The summed E-state index contributed by atoms with van der Waals surface area (Å²) in [5.74, 6) is 8.00. The second kappa shape index (κ2) is 7.13. The van der Waals surface area contributed by atoms with Crippen LogP contribution in [-0.2, 0) is 13.3 Å². The fourth-order valence-electron chi connectivity index (χ4n) is 0.250. The zero-order chi connectivity index (χ0) is 8.62. The number of nitrogens with two attached hydrogens (primary N) is 2. The molecule has 0 aromatic heterocycles. The number of hydrogen-bond acceptors (Lipinski definition) is 5. The van der Waals surface area contributed by atoms with E-state index in [1.54, 1.807) is 21.3 Å². The van der Waals surface area contributed by atoms with Crippen molar-refractivity contribution >= 4 is 8.80 Å². The molecule has 0 fully saturated rings. The predicted molar refractivity (Wildman–Crippen MR) is 41.0 cm³/mol. The number of rotatable bonds is 3. The van der Waals surface area contributed by atoms with Crippen LogP contribution in [0.25, 0.3) is 0 Å². The molecule has 5 nitrogen and oxygen atoms in total. The molecule has 0 aliphatic heterocycles. The van der Waals surface area contributed by atoms with Crippen molar-refractivity contribution in [2.24, 2.45) is 11.7 Å². The van der Waals surface area contributed by atoms with Crippen molar-refractivity contribution in [1.82, 2.24) is 0 Å². The van der Waals surface area contributed by atoms with E-state index in [1.807, 2.05) is 6.55 Å². The molecule has 0 saturated carbocycles. The van der Waals surface area contributed by atoms with Gasteiger partial charge in [0.25, 0.3) is 0 Å². The van der Waals surface area contributed by atoms with Crippen molar-refractivity contribution < 1.29 is 13.3 Å². The Labute approximate surface area is 62.6 Å². The molecule has 64 valence electrons. The van der Waals surface area contributed by atoms with Crippen molar-refractivity contribution in [2.75, 3.05) is 21.3 Å². The molecular weight excluding hydrogens is 152 g/mol. The molecule has 4 N–H and O–H groups in total. The Hall–Kier alpha value is 0.0169. The molecule has 6 heteroatoms. The second-order valence-corrected chi connectivity index (χ2v) is 4.42. The predicted octanol–water partition coefficient (Wildman–Crippen LogP) is -0.687. The summed E-state index contributed by atoms with van der Waals surface area (Å²) in [6.07, 6.45) is 0. The van der Waals surface area contributed by atoms with Gasteiger partial charge < -0.3 is 13.3 Å². The first-order chi connectivity index (χ1) is 4.68. The third-order valence-electron chi connectivity index (χ3n) is 1.11. The number of hydrazine groups is 1. The van der Waals surface area contributed by atoms with Crippen molar-refractivity contribution in [2.45, 2.75) is 6.55 Å². The average Bonchev–Trinajstić information content (AvgIpc) is 2.07. The van der Waals surface area contributed by atoms with E-state index in [4.69, 9.17) is 13.3 Å². The first-order valence-electron chi connectivity index (χ1n) is 2.67. The summed E-state index contributed by atoms with van der Waals surface area (Å²) in [5.41, 5.74) is 0. The Balaban J connectivity index is 0. The maximum Gasteiger partial charge on any atom is 0.496 e. The second-order valence-electron chi connectivity index (χ2n) is 1.47. The lowest BCUT2D eigenvalue weighted by molar-refractivity contribution is 0.132. The minimum atomic E-state index is -2.17. The lowest BCUT2D eigenvalue weighted by Gasteiger charge is -2.18. The molecule has 10 heavy (non-hydrogen) atoms. The van der Waals surface area contributed by atoms with Gasteiger partial charge in [-0.2, -0.15) is 0 Å². The topological polar surface area (TPSA) is 79.7 Å². The maximum absolute atomic E-state index is 4.93. The van der Waals surface area contributed by atoms with Crippen LogP contribution >= 0.6 is 0 Å². The van der Waals surface area contributed by atoms with Crippen LogP contribution in [0.5, 0.6) is 0 Å². The fraction of sp³-hybridized carbons (Fsp3) is 1.00. The van der Waals surface area contributed by atoms with E-state index in [1.165, 1.54) is 0 Å². The fourth-order valence-corrected chi connectivity index (χ4v) is 0.750. The van der Waals surface area contributed by atoms with E-state index in [0.717, 1.165) is 0 Å². The van der Waals surface area contributed by atoms with Gasteiger partial charge in [-0.3, -0.25) is 11.7 Å². The van der Waals surface area contributed by atoms with Gasteiger partial charge in [0.05, 0.1) is 0 Å². The summed E-state index contributed by atoms with van der Waals surface area (Å²) in [6, 6.07) is 0. The Bertz CT molecular complexity index is 61.3. The van der Waals surface area contributed by atoms with Crippen LogP contribution in [0.2, 0.25) is 6.55 Å². The molecule has 0 aromatic rings. The Morgan fingerprint density at radius 3 is 1.10 bits per heavy atom. The Morgan fingerprint density at radius 2 is 1.10 bits per heavy atom. The molecule has 0 saturated heterocycles. The molecule has 0 aromatic carbocycles. The highest BCUT2D eigenvalue weighted by Gasteiger charge is 2.29. The summed E-state index contributed by atoms with van der Waals surface area (Å²) in [7, 11) is 2.58. The van der Waals surface area contributed by atoms with Crippen LogP contribution in [0.3, 0.4) is 0 Å². The zero-order valence-electron chi connectivity index (χ0n) is 6.88. The quantitative estimate of drug-likeness (QED) is 0.331. The van der Waals surface area contributed by atoms with Gasteiger partial charge in [0, 0.05) is 27.9 Å². The van der Waals surface area contributed by atoms with Gasteiger partial charge >= 0.3 is 8.80 Å². The molecule has 0 heterocycles. The lowest BCUT2D eigenvalue weighted by atomic mass is 11.8. The summed E-state index contributed by atoms with van der Waals surface area (Å²) < 4.78 is 14.8. The van der Waals surface area contributed by atoms with Gasteiger partial charge in [-0.25, -0.2) is 0 Å². The molecule has 0 aliphatic carbocycles. The van der Waals surface area contributed by atoms with Crippen LogP contribution in [0, 0.1) is 0 Å². The summed E-state index contributed by atoms with van der Waals surface area (Å²) >= 11 is 0. The Kier molecular flexibility index (Phi) is 9.03. The van der Waals surface area contributed by atoms with Crippen LogP contribution in [0.15, 0.2) is 0 Å². The maximum atomic E-state index is 4.93. The summed E-state index contributed by atoms with van der Waals surface area (Å²) in [4.78, 5) is 0. The van der Waals surface area contributed by atoms with Crippen molar-refractivity contribution in [1.29, 1.82) is 0 Å². The van der Waals surface area contributed by atoms with Crippen LogP contribution in [0.4, 0.5) is 0 Å². The highest BCUT2D eigenvalue weighted by Crippen LogP contribution is 2.02. The Morgan fingerprint density at radius 1 is 0.900 bits per heavy atom. The van der Waals surface area contributed by atoms with Crippen LogP contribution in [0.1, 0.15) is 0 Å². The molecule has 0 atom stereocenters. The average molecular weight is 168 g/mol. The van der Waals surface area contributed by atoms with Gasteiger partial charge in [-0.05, 0) is 0 Å². The van der Waals surface area contributed by atoms with E-state index in [2.05, 4.69) is 11.7 Å². The zero-order valence-corrected chi connectivity index (χ0v) is 7.88. The van der Waals surface area contributed by atoms with E-state index >= 15 is 0 Å². The van der Waals surface area contributed by atoms with Gasteiger partial charge in [0.15, 0.2) is 0 Å². The third kappa shape index (κ3) is 4.85. The highest BCUT2D eigenvalue weighted by molar-refractivity contribution is 6.58. The molecule has 0 spiro atoms. The molecule has 0 bridgehead atoms. The van der Waals surface area contributed by atoms with Gasteiger partial charge in [-0.15, -0.1) is 0 Å². The smallest absolute Gasteiger partial charge is 0.377 e. The van der Waals surface area contributed by atoms with E-state index in [9.17, 15) is 0 Å². The van der Waals surface area contributed by atoms with Gasteiger partial charge in [0.1, 0.15) is 0 Å². The minimum Gasteiger partial charge on any atom is -0.377 e. The first kappa shape index (κ1) is 12.7. The molecule has 0 rings (SSSR count). The molecule has 0 unspecified atom stereocenters.